The van der Waals surface area contributed by atoms with Crippen molar-refractivity contribution < 1.29 is 8.42 Å². The van der Waals surface area contributed by atoms with E-state index in [1.54, 1.807) is 10.4 Å². The second kappa shape index (κ2) is 6.04. The van der Waals surface area contributed by atoms with Crippen LogP contribution in [0.5, 0.6) is 0 Å². The summed E-state index contributed by atoms with van der Waals surface area (Å²) in [5.41, 5.74) is 1.22. The summed E-state index contributed by atoms with van der Waals surface area (Å²) in [6.45, 7) is 1.13. The largest absolute Gasteiger partial charge is 0.243 e. The molecule has 0 aromatic heterocycles. The third-order valence-electron chi connectivity index (χ3n) is 4.79. The van der Waals surface area contributed by atoms with Crippen LogP contribution in [0, 0.1) is 0 Å². The van der Waals surface area contributed by atoms with Crippen LogP contribution < -0.4 is 0 Å². The van der Waals surface area contributed by atoms with E-state index in [0.717, 1.165) is 17.2 Å². The lowest BCUT2D eigenvalue weighted by Gasteiger charge is -2.18. The summed E-state index contributed by atoms with van der Waals surface area (Å²) in [5.74, 6) is 0.274. The van der Waals surface area contributed by atoms with E-state index in [2.05, 4.69) is 12.1 Å². The van der Waals surface area contributed by atoms with Gasteiger partial charge in [-0.25, -0.2) is 8.42 Å². The summed E-state index contributed by atoms with van der Waals surface area (Å²) < 4.78 is 27.9. The van der Waals surface area contributed by atoms with Gasteiger partial charge < -0.3 is 0 Å². The maximum absolute atomic E-state index is 13.2. The Kier molecular flexibility index (Phi) is 3.87. The molecule has 0 aliphatic carbocycles. The van der Waals surface area contributed by atoms with Crippen molar-refractivity contribution in [2.24, 2.45) is 0 Å². The molecule has 1 saturated heterocycles. The molecule has 122 valence electrons. The van der Waals surface area contributed by atoms with Crippen LogP contribution >= 0.6 is 0 Å². The third-order valence-corrected chi connectivity index (χ3v) is 6.71. The predicted molar refractivity (Wildman–Crippen MR) is 96.5 cm³/mol. The Hall–Kier alpha value is -2.17. The number of sulfonamides is 1. The monoisotopic (exact) mass is 337 g/mol. The molecule has 1 aliphatic heterocycles. The summed E-state index contributed by atoms with van der Waals surface area (Å²) >= 11 is 0. The standard InChI is InChI=1S/C20H19NO2S/c22-24(23,20-12-6-10-17-9-4-5-11-19(17)20)21-14-13-18(15-21)16-7-2-1-3-8-16/h1-12,18H,13-15H2. The van der Waals surface area contributed by atoms with Crippen LogP contribution in [0.15, 0.2) is 77.7 Å². The zero-order valence-electron chi connectivity index (χ0n) is 13.3. The Morgan fingerprint density at radius 2 is 1.54 bits per heavy atom. The lowest BCUT2D eigenvalue weighted by molar-refractivity contribution is 0.473. The highest BCUT2D eigenvalue weighted by molar-refractivity contribution is 7.89. The lowest BCUT2D eigenvalue weighted by Crippen LogP contribution is -2.28. The van der Waals surface area contributed by atoms with Crippen molar-refractivity contribution in [2.75, 3.05) is 13.1 Å². The highest BCUT2D eigenvalue weighted by Gasteiger charge is 2.33. The van der Waals surface area contributed by atoms with Crippen LogP contribution in [0.4, 0.5) is 0 Å². The SMILES string of the molecule is O=S(=O)(c1cccc2ccccc12)N1CCC(c2ccccc2)C1. The Labute approximate surface area is 142 Å². The van der Waals surface area contributed by atoms with Crippen LogP contribution in [-0.4, -0.2) is 25.8 Å². The van der Waals surface area contributed by atoms with Crippen molar-refractivity contribution >= 4 is 20.8 Å². The third kappa shape index (κ3) is 2.62. The molecule has 0 radical (unpaired) electrons. The minimum Gasteiger partial charge on any atom is -0.207 e. The van der Waals surface area contributed by atoms with Crippen LogP contribution in [0.25, 0.3) is 10.8 Å². The fraction of sp³-hybridized carbons (Fsp3) is 0.200. The van der Waals surface area contributed by atoms with E-state index in [1.807, 2.05) is 54.6 Å². The van der Waals surface area contributed by atoms with Crippen LogP contribution in [0.1, 0.15) is 17.9 Å². The molecular weight excluding hydrogens is 318 g/mol. The molecule has 0 N–H and O–H groups in total. The molecule has 1 aliphatic rings. The number of nitrogens with zero attached hydrogens (tertiary/aromatic N) is 1. The minimum atomic E-state index is -3.47. The molecule has 1 atom stereocenters. The van der Waals surface area contributed by atoms with Gasteiger partial charge in [-0.05, 0) is 29.4 Å². The van der Waals surface area contributed by atoms with Crippen LogP contribution in [0.2, 0.25) is 0 Å². The first-order valence-corrected chi connectivity index (χ1v) is 9.63. The van der Waals surface area contributed by atoms with Gasteiger partial charge >= 0.3 is 0 Å². The zero-order valence-corrected chi connectivity index (χ0v) is 14.1. The second-order valence-corrected chi connectivity index (χ2v) is 8.14. The fourth-order valence-corrected chi connectivity index (χ4v) is 5.22. The first-order valence-electron chi connectivity index (χ1n) is 8.19. The van der Waals surface area contributed by atoms with E-state index in [4.69, 9.17) is 0 Å². The van der Waals surface area contributed by atoms with Gasteiger partial charge in [0.15, 0.2) is 0 Å². The molecule has 0 saturated carbocycles. The van der Waals surface area contributed by atoms with Gasteiger partial charge in [0.2, 0.25) is 10.0 Å². The number of hydrogen-bond donors (Lipinski definition) is 0. The van der Waals surface area contributed by atoms with E-state index < -0.39 is 10.0 Å². The molecule has 0 amide bonds. The summed E-state index contributed by atoms with van der Waals surface area (Å²) in [6, 6.07) is 23.3. The first-order chi connectivity index (χ1) is 11.7. The number of rotatable bonds is 3. The molecular formula is C20H19NO2S. The predicted octanol–water partition coefficient (Wildman–Crippen LogP) is 4.02. The number of benzene rings is 3. The highest BCUT2D eigenvalue weighted by Crippen LogP contribution is 2.33. The molecule has 1 heterocycles. The molecule has 3 nitrogen and oxygen atoms in total. The van der Waals surface area contributed by atoms with Gasteiger partial charge in [-0.3, -0.25) is 0 Å². The molecule has 0 spiro atoms. The van der Waals surface area contributed by atoms with E-state index in [-0.39, 0.29) is 5.92 Å². The second-order valence-electron chi connectivity index (χ2n) is 6.24. The van der Waals surface area contributed by atoms with Gasteiger partial charge in [-0.1, -0.05) is 66.7 Å². The van der Waals surface area contributed by atoms with Crippen molar-refractivity contribution in [3.05, 3.63) is 78.4 Å². The van der Waals surface area contributed by atoms with Crippen molar-refractivity contribution in [2.45, 2.75) is 17.2 Å². The Morgan fingerprint density at radius 3 is 2.38 bits per heavy atom. The van der Waals surface area contributed by atoms with E-state index in [0.29, 0.717) is 18.0 Å². The molecule has 0 bridgehead atoms. The van der Waals surface area contributed by atoms with Gasteiger partial charge in [0.1, 0.15) is 0 Å². The van der Waals surface area contributed by atoms with Gasteiger partial charge in [0, 0.05) is 18.5 Å². The Morgan fingerprint density at radius 1 is 0.833 bits per heavy atom. The lowest BCUT2D eigenvalue weighted by atomic mass is 9.99. The number of fused-ring (bicyclic) bond motifs is 1. The van der Waals surface area contributed by atoms with Crippen molar-refractivity contribution in [3.63, 3.8) is 0 Å². The molecule has 3 aromatic rings. The van der Waals surface area contributed by atoms with Gasteiger partial charge in [0.25, 0.3) is 0 Å². The summed E-state index contributed by atoms with van der Waals surface area (Å²) in [5, 5.41) is 1.75. The van der Waals surface area contributed by atoms with Gasteiger partial charge in [-0.2, -0.15) is 4.31 Å². The quantitative estimate of drug-likeness (QED) is 0.724. The summed E-state index contributed by atoms with van der Waals surface area (Å²) in [6.07, 6.45) is 0.869. The highest BCUT2D eigenvalue weighted by atomic mass is 32.2. The first kappa shape index (κ1) is 15.4. The van der Waals surface area contributed by atoms with Gasteiger partial charge in [0.05, 0.1) is 4.90 Å². The van der Waals surface area contributed by atoms with Crippen molar-refractivity contribution in [1.82, 2.24) is 4.31 Å². The smallest absolute Gasteiger partial charge is 0.207 e. The topological polar surface area (TPSA) is 37.4 Å². The van der Waals surface area contributed by atoms with E-state index >= 15 is 0 Å². The number of hydrogen-bond acceptors (Lipinski definition) is 2. The maximum Gasteiger partial charge on any atom is 0.243 e. The van der Waals surface area contributed by atoms with Crippen molar-refractivity contribution in [1.29, 1.82) is 0 Å². The van der Waals surface area contributed by atoms with Crippen molar-refractivity contribution in [3.8, 4) is 0 Å². The maximum atomic E-state index is 13.2. The van der Waals surface area contributed by atoms with Gasteiger partial charge in [-0.15, -0.1) is 0 Å². The average Bonchev–Trinajstić information content (AvgIpc) is 3.13. The fourth-order valence-electron chi connectivity index (χ4n) is 3.50. The van der Waals surface area contributed by atoms with Crippen LogP contribution in [0.3, 0.4) is 0 Å². The molecule has 4 rings (SSSR count). The van der Waals surface area contributed by atoms with Crippen LogP contribution in [-0.2, 0) is 10.0 Å². The van der Waals surface area contributed by atoms with E-state index in [1.165, 1.54) is 5.56 Å². The Balaban J connectivity index is 1.68. The Bertz CT molecular complexity index is 962. The van der Waals surface area contributed by atoms with E-state index in [9.17, 15) is 8.42 Å². The molecule has 1 unspecified atom stereocenters. The normalized spacial score (nSPS) is 18.9. The molecule has 1 fully saturated rings. The molecule has 3 aromatic carbocycles. The minimum absolute atomic E-state index is 0.274. The molecule has 4 heteroatoms. The molecule has 24 heavy (non-hydrogen) atoms. The summed E-state index contributed by atoms with van der Waals surface area (Å²) in [4.78, 5) is 0.411. The average molecular weight is 337 g/mol. The zero-order chi connectivity index (χ0) is 16.6. The summed E-state index contributed by atoms with van der Waals surface area (Å²) in [7, 11) is -3.47.